The molecule has 1 saturated heterocycles. The molecule has 3 heterocycles. The van der Waals surface area contributed by atoms with Gasteiger partial charge in [-0.3, -0.25) is 14.5 Å². The third-order valence-electron chi connectivity index (χ3n) is 6.79. The van der Waals surface area contributed by atoms with E-state index in [-0.39, 0.29) is 24.5 Å². The molecule has 0 saturated carbocycles. The molecule has 7 heteroatoms. The lowest BCUT2D eigenvalue weighted by molar-refractivity contribution is -0.137. The molecule has 172 valence electrons. The summed E-state index contributed by atoms with van der Waals surface area (Å²) in [5.74, 6) is 0.971. The predicted molar refractivity (Wildman–Crippen MR) is 127 cm³/mol. The van der Waals surface area contributed by atoms with Crippen molar-refractivity contribution in [3.63, 3.8) is 0 Å². The minimum absolute atomic E-state index is 0.00365. The molecule has 1 aromatic heterocycles. The Balaban J connectivity index is 1.25. The molecule has 4 rings (SSSR count). The number of nitrogens with zero attached hydrogens (tertiary/aromatic N) is 3. The number of ether oxygens (including phenoxy) is 1. The van der Waals surface area contributed by atoms with Crippen molar-refractivity contribution < 1.29 is 14.3 Å². The maximum absolute atomic E-state index is 13.1. The highest BCUT2D eigenvalue weighted by Gasteiger charge is 2.32. The molecule has 0 radical (unpaired) electrons. The number of carbonyl (C=O) groups is 2. The molecular formula is C25H33N3O3S. The summed E-state index contributed by atoms with van der Waals surface area (Å²) < 4.78 is 5.78. The summed E-state index contributed by atoms with van der Waals surface area (Å²) in [4.78, 5) is 33.2. The summed E-state index contributed by atoms with van der Waals surface area (Å²) in [6.45, 7) is 10.2. The van der Waals surface area contributed by atoms with Crippen molar-refractivity contribution in [1.29, 1.82) is 0 Å². The minimum atomic E-state index is 0.00365. The lowest BCUT2D eigenvalue weighted by atomic mass is 9.97. The minimum Gasteiger partial charge on any atom is -0.483 e. The average Bonchev–Trinajstić information content (AvgIpc) is 3.28. The van der Waals surface area contributed by atoms with Gasteiger partial charge >= 0.3 is 0 Å². The second kappa shape index (κ2) is 10.0. The molecular weight excluding hydrogens is 422 g/mol. The van der Waals surface area contributed by atoms with E-state index in [1.165, 1.54) is 10.4 Å². The average molecular weight is 456 g/mol. The van der Waals surface area contributed by atoms with Crippen LogP contribution in [-0.4, -0.2) is 72.4 Å². The number of thiophene rings is 1. The molecule has 1 aromatic carbocycles. The molecule has 2 aromatic rings. The van der Waals surface area contributed by atoms with Gasteiger partial charge in [0.05, 0.1) is 12.6 Å². The van der Waals surface area contributed by atoms with Gasteiger partial charge in [-0.25, -0.2) is 0 Å². The van der Waals surface area contributed by atoms with Crippen molar-refractivity contribution in [2.24, 2.45) is 0 Å². The summed E-state index contributed by atoms with van der Waals surface area (Å²) >= 11 is 1.80. The molecule has 0 spiro atoms. The van der Waals surface area contributed by atoms with Crippen LogP contribution in [0.2, 0.25) is 0 Å². The van der Waals surface area contributed by atoms with Crippen LogP contribution in [0, 0.1) is 13.8 Å². The number of aryl methyl sites for hydroxylation is 1. The second-order valence-electron chi connectivity index (χ2n) is 8.70. The van der Waals surface area contributed by atoms with Crippen LogP contribution in [0.25, 0.3) is 0 Å². The van der Waals surface area contributed by atoms with E-state index in [4.69, 9.17) is 4.74 Å². The Bertz CT molecular complexity index is 965. The smallest absolute Gasteiger partial charge is 0.260 e. The maximum Gasteiger partial charge on any atom is 0.260 e. The molecule has 1 unspecified atom stereocenters. The van der Waals surface area contributed by atoms with E-state index >= 15 is 0 Å². The Labute approximate surface area is 194 Å². The standard InChI is InChI=1S/C25H33N3O3S/c1-4-21-20-9-15-32-23(20)8-10-28(21)24(29)16-26-11-13-27(14-12-26)25(30)17-31-22-7-5-6-18(2)19(22)3/h5-7,9,15,21H,4,8,10-14,16-17H2,1-3H3. The Hall–Kier alpha value is -2.38. The number of benzene rings is 1. The van der Waals surface area contributed by atoms with Crippen molar-refractivity contribution in [2.45, 2.75) is 39.7 Å². The van der Waals surface area contributed by atoms with Gasteiger partial charge in [0.15, 0.2) is 6.61 Å². The summed E-state index contributed by atoms with van der Waals surface area (Å²) in [7, 11) is 0. The predicted octanol–water partition coefficient (Wildman–Crippen LogP) is 3.42. The lowest BCUT2D eigenvalue weighted by Crippen LogP contribution is -2.53. The van der Waals surface area contributed by atoms with Crippen LogP contribution in [0.4, 0.5) is 0 Å². The Morgan fingerprint density at radius 3 is 2.59 bits per heavy atom. The summed E-state index contributed by atoms with van der Waals surface area (Å²) in [6, 6.07) is 8.27. The van der Waals surface area contributed by atoms with Gasteiger partial charge in [-0.1, -0.05) is 19.1 Å². The van der Waals surface area contributed by atoms with E-state index in [2.05, 4.69) is 28.2 Å². The molecule has 2 aliphatic heterocycles. The van der Waals surface area contributed by atoms with Crippen LogP contribution in [0.1, 0.15) is 41.0 Å². The van der Waals surface area contributed by atoms with Crippen molar-refractivity contribution >= 4 is 23.2 Å². The molecule has 0 N–H and O–H groups in total. The highest BCUT2D eigenvalue weighted by molar-refractivity contribution is 7.10. The van der Waals surface area contributed by atoms with Gasteiger partial charge in [0, 0.05) is 37.6 Å². The third kappa shape index (κ3) is 4.84. The number of hydrogen-bond donors (Lipinski definition) is 0. The Kier molecular flexibility index (Phi) is 7.16. The van der Waals surface area contributed by atoms with Crippen LogP contribution in [0.3, 0.4) is 0 Å². The van der Waals surface area contributed by atoms with Gasteiger partial charge in [0.25, 0.3) is 5.91 Å². The maximum atomic E-state index is 13.1. The van der Waals surface area contributed by atoms with Crippen LogP contribution >= 0.6 is 11.3 Å². The summed E-state index contributed by atoms with van der Waals surface area (Å²) in [5.41, 5.74) is 3.56. The van der Waals surface area contributed by atoms with Crippen LogP contribution in [-0.2, 0) is 16.0 Å². The van der Waals surface area contributed by atoms with Crippen molar-refractivity contribution in [1.82, 2.24) is 14.7 Å². The zero-order valence-corrected chi connectivity index (χ0v) is 20.1. The zero-order valence-electron chi connectivity index (χ0n) is 19.3. The number of carbonyl (C=O) groups excluding carboxylic acids is 2. The lowest BCUT2D eigenvalue weighted by Gasteiger charge is -2.39. The molecule has 1 atom stereocenters. The first-order valence-electron chi connectivity index (χ1n) is 11.5. The fraction of sp³-hybridized carbons (Fsp3) is 0.520. The van der Waals surface area contributed by atoms with Gasteiger partial charge in [0.2, 0.25) is 5.91 Å². The van der Waals surface area contributed by atoms with Crippen LogP contribution < -0.4 is 4.74 Å². The molecule has 32 heavy (non-hydrogen) atoms. The van der Waals surface area contributed by atoms with Gasteiger partial charge < -0.3 is 14.5 Å². The second-order valence-corrected chi connectivity index (χ2v) is 9.70. The van der Waals surface area contributed by atoms with Gasteiger partial charge in [0.1, 0.15) is 5.75 Å². The quantitative estimate of drug-likeness (QED) is 0.670. The van der Waals surface area contributed by atoms with Crippen LogP contribution in [0.15, 0.2) is 29.6 Å². The normalized spacial score (nSPS) is 19.0. The van der Waals surface area contributed by atoms with E-state index in [0.717, 1.165) is 49.4 Å². The van der Waals surface area contributed by atoms with E-state index in [1.54, 1.807) is 11.3 Å². The number of piperazine rings is 1. The largest absolute Gasteiger partial charge is 0.483 e. The fourth-order valence-corrected chi connectivity index (χ4v) is 5.61. The molecule has 1 fully saturated rings. The first kappa shape index (κ1) is 22.8. The van der Waals surface area contributed by atoms with Crippen molar-refractivity contribution in [3.8, 4) is 5.75 Å². The SMILES string of the molecule is CCC1c2ccsc2CCN1C(=O)CN1CCN(C(=O)COc2cccc(C)c2C)CC1. The van der Waals surface area contributed by atoms with Crippen LogP contribution in [0.5, 0.6) is 5.75 Å². The molecule has 6 nitrogen and oxygen atoms in total. The first-order valence-corrected chi connectivity index (χ1v) is 12.4. The fourth-order valence-electron chi connectivity index (χ4n) is 4.68. The summed E-state index contributed by atoms with van der Waals surface area (Å²) in [6.07, 6.45) is 1.90. The van der Waals surface area contributed by atoms with E-state index < -0.39 is 0 Å². The first-order chi connectivity index (χ1) is 15.5. The number of amides is 2. The molecule has 2 aliphatic rings. The summed E-state index contributed by atoms with van der Waals surface area (Å²) in [5, 5.41) is 2.14. The highest BCUT2D eigenvalue weighted by atomic mass is 32.1. The Morgan fingerprint density at radius 1 is 1.06 bits per heavy atom. The monoisotopic (exact) mass is 455 g/mol. The molecule has 2 amide bonds. The number of fused-ring (bicyclic) bond motifs is 1. The van der Waals surface area contributed by atoms with Gasteiger partial charge in [-0.05, 0) is 60.9 Å². The van der Waals surface area contributed by atoms with Gasteiger partial charge in [-0.15, -0.1) is 11.3 Å². The van der Waals surface area contributed by atoms with E-state index in [9.17, 15) is 9.59 Å². The van der Waals surface area contributed by atoms with Gasteiger partial charge in [-0.2, -0.15) is 0 Å². The third-order valence-corrected chi connectivity index (χ3v) is 7.79. The van der Waals surface area contributed by atoms with E-state index in [1.807, 2.05) is 36.9 Å². The van der Waals surface area contributed by atoms with Crippen molar-refractivity contribution in [2.75, 3.05) is 45.9 Å². The molecule has 0 bridgehead atoms. The van der Waals surface area contributed by atoms with Crippen molar-refractivity contribution in [3.05, 3.63) is 51.2 Å². The number of hydrogen-bond acceptors (Lipinski definition) is 5. The van der Waals surface area contributed by atoms with E-state index in [0.29, 0.717) is 19.6 Å². The molecule has 0 aliphatic carbocycles. The topological polar surface area (TPSA) is 53.1 Å². The highest BCUT2D eigenvalue weighted by Crippen LogP contribution is 2.35. The zero-order chi connectivity index (χ0) is 22.7. The Morgan fingerprint density at radius 2 is 1.84 bits per heavy atom. The number of rotatable bonds is 6.